The zero-order valence-corrected chi connectivity index (χ0v) is 17.2. The molecule has 0 aromatic heterocycles. The van der Waals surface area contributed by atoms with Gasteiger partial charge in [-0.15, -0.1) is 0 Å². The molecule has 1 heterocycles. The standard InChI is InChI=1S/C25H25N3O3/c29-28(30)23-12-7-13-24(18-23)31-25(22-10-5-2-6-11-22)19-27-17-16-26(20-27)15-14-21-8-3-1-4-9-21/h1-13,16-18,25H,14-15,19-20H2. The fourth-order valence-electron chi connectivity index (χ4n) is 3.62. The molecule has 158 valence electrons. The van der Waals surface area contributed by atoms with E-state index in [2.05, 4.69) is 46.5 Å². The van der Waals surface area contributed by atoms with E-state index in [1.807, 2.05) is 36.4 Å². The van der Waals surface area contributed by atoms with Crippen molar-refractivity contribution in [1.82, 2.24) is 9.80 Å². The molecule has 31 heavy (non-hydrogen) atoms. The summed E-state index contributed by atoms with van der Waals surface area (Å²) in [5.74, 6) is 0.493. The summed E-state index contributed by atoms with van der Waals surface area (Å²) in [6.07, 6.45) is 4.93. The minimum atomic E-state index is -0.405. The van der Waals surface area contributed by atoms with Gasteiger partial charge in [-0.25, -0.2) is 0 Å². The summed E-state index contributed by atoms with van der Waals surface area (Å²) in [6.45, 7) is 2.37. The number of benzene rings is 3. The Bertz CT molecular complexity index is 1020. The van der Waals surface area contributed by atoms with Crippen molar-refractivity contribution < 1.29 is 9.66 Å². The van der Waals surface area contributed by atoms with E-state index in [1.165, 1.54) is 17.7 Å². The molecule has 3 aromatic rings. The second kappa shape index (κ2) is 9.80. The van der Waals surface area contributed by atoms with Gasteiger partial charge in [0.05, 0.1) is 24.2 Å². The van der Waals surface area contributed by atoms with Gasteiger partial charge in [-0.1, -0.05) is 66.7 Å². The monoisotopic (exact) mass is 415 g/mol. The first-order valence-electron chi connectivity index (χ1n) is 10.3. The van der Waals surface area contributed by atoms with Crippen molar-refractivity contribution in [2.24, 2.45) is 0 Å². The smallest absolute Gasteiger partial charge is 0.273 e. The van der Waals surface area contributed by atoms with Gasteiger partial charge in [-0.2, -0.15) is 0 Å². The summed E-state index contributed by atoms with van der Waals surface area (Å²) in [5, 5.41) is 11.1. The summed E-state index contributed by atoms with van der Waals surface area (Å²) < 4.78 is 6.22. The Morgan fingerprint density at radius 1 is 0.903 bits per heavy atom. The average Bonchev–Trinajstić information content (AvgIpc) is 3.26. The van der Waals surface area contributed by atoms with E-state index < -0.39 is 4.92 Å². The minimum Gasteiger partial charge on any atom is -0.484 e. The zero-order chi connectivity index (χ0) is 21.5. The van der Waals surface area contributed by atoms with Crippen molar-refractivity contribution >= 4 is 5.69 Å². The number of nitrogens with zero attached hydrogens (tertiary/aromatic N) is 3. The highest BCUT2D eigenvalue weighted by atomic mass is 16.6. The predicted molar refractivity (Wildman–Crippen MR) is 120 cm³/mol. The molecule has 6 heteroatoms. The van der Waals surface area contributed by atoms with Crippen LogP contribution in [0.2, 0.25) is 0 Å². The van der Waals surface area contributed by atoms with Crippen LogP contribution in [0.1, 0.15) is 17.2 Å². The molecule has 0 fully saturated rings. The van der Waals surface area contributed by atoms with E-state index >= 15 is 0 Å². The highest BCUT2D eigenvalue weighted by Crippen LogP contribution is 2.27. The van der Waals surface area contributed by atoms with Crippen LogP contribution in [-0.4, -0.2) is 34.5 Å². The van der Waals surface area contributed by atoms with Gasteiger partial charge in [0.25, 0.3) is 5.69 Å². The summed E-state index contributed by atoms with van der Waals surface area (Å²) >= 11 is 0. The van der Waals surface area contributed by atoms with Crippen LogP contribution in [0.15, 0.2) is 97.3 Å². The van der Waals surface area contributed by atoms with Gasteiger partial charge in [0, 0.05) is 25.0 Å². The lowest BCUT2D eigenvalue weighted by atomic mass is 10.1. The molecule has 1 aliphatic heterocycles. The maximum Gasteiger partial charge on any atom is 0.273 e. The quantitative estimate of drug-likeness (QED) is 0.363. The highest BCUT2D eigenvalue weighted by molar-refractivity contribution is 5.38. The second-order valence-electron chi connectivity index (χ2n) is 7.53. The van der Waals surface area contributed by atoms with Crippen molar-refractivity contribution in [2.45, 2.75) is 12.5 Å². The lowest BCUT2D eigenvalue weighted by molar-refractivity contribution is -0.385. The zero-order valence-electron chi connectivity index (χ0n) is 17.2. The van der Waals surface area contributed by atoms with Gasteiger partial charge in [0.15, 0.2) is 0 Å². The number of rotatable bonds is 9. The third-order valence-electron chi connectivity index (χ3n) is 5.26. The molecule has 0 saturated heterocycles. The fourth-order valence-corrected chi connectivity index (χ4v) is 3.62. The number of hydrogen-bond donors (Lipinski definition) is 0. The van der Waals surface area contributed by atoms with E-state index in [0.717, 1.165) is 25.2 Å². The molecule has 0 saturated carbocycles. The van der Waals surface area contributed by atoms with Crippen LogP contribution < -0.4 is 4.74 Å². The average molecular weight is 415 g/mol. The van der Waals surface area contributed by atoms with Crippen LogP contribution in [0, 0.1) is 10.1 Å². The third-order valence-corrected chi connectivity index (χ3v) is 5.26. The molecular weight excluding hydrogens is 390 g/mol. The summed E-state index contributed by atoms with van der Waals surface area (Å²) in [7, 11) is 0. The molecule has 0 aliphatic carbocycles. The van der Waals surface area contributed by atoms with Gasteiger partial charge in [-0.3, -0.25) is 10.1 Å². The number of nitro benzene ring substituents is 1. The number of hydrogen-bond acceptors (Lipinski definition) is 5. The third kappa shape index (κ3) is 5.63. The molecule has 1 atom stereocenters. The molecule has 0 amide bonds. The Kier molecular flexibility index (Phi) is 6.47. The van der Waals surface area contributed by atoms with Crippen molar-refractivity contribution in [2.75, 3.05) is 19.8 Å². The fraction of sp³-hybridized carbons (Fsp3) is 0.200. The van der Waals surface area contributed by atoms with Crippen LogP contribution in [0.5, 0.6) is 5.75 Å². The molecule has 0 spiro atoms. The maximum atomic E-state index is 11.1. The maximum absolute atomic E-state index is 11.1. The van der Waals surface area contributed by atoms with Crippen LogP contribution >= 0.6 is 0 Å². The van der Waals surface area contributed by atoms with Crippen molar-refractivity contribution in [3.05, 3.63) is 119 Å². The molecule has 3 aromatic carbocycles. The normalized spacial score (nSPS) is 13.9. The van der Waals surface area contributed by atoms with Crippen molar-refractivity contribution in [3.8, 4) is 5.75 Å². The summed E-state index contributed by atoms with van der Waals surface area (Å²) in [5.41, 5.74) is 2.38. The first-order chi connectivity index (χ1) is 15.2. The summed E-state index contributed by atoms with van der Waals surface area (Å²) in [4.78, 5) is 15.2. The first-order valence-corrected chi connectivity index (χ1v) is 10.3. The first kappa shape index (κ1) is 20.5. The second-order valence-corrected chi connectivity index (χ2v) is 7.53. The van der Waals surface area contributed by atoms with E-state index in [-0.39, 0.29) is 11.8 Å². The van der Waals surface area contributed by atoms with Crippen LogP contribution in [0.3, 0.4) is 0 Å². The van der Waals surface area contributed by atoms with Crippen molar-refractivity contribution in [3.63, 3.8) is 0 Å². The Morgan fingerprint density at radius 2 is 1.61 bits per heavy atom. The SMILES string of the molecule is O=[N+]([O-])c1cccc(OC(CN2C=CN(CCc3ccccc3)C2)c2ccccc2)c1. The summed E-state index contributed by atoms with van der Waals surface area (Å²) in [6, 6.07) is 26.8. The Balaban J connectivity index is 1.41. The van der Waals surface area contributed by atoms with Crippen LogP contribution in [0.25, 0.3) is 0 Å². The molecule has 1 unspecified atom stereocenters. The van der Waals surface area contributed by atoms with Gasteiger partial charge in [0.1, 0.15) is 11.9 Å². The van der Waals surface area contributed by atoms with E-state index in [0.29, 0.717) is 12.3 Å². The molecular formula is C25H25N3O3. The molecule has 0 radical (unpaired) electrons. The lowest BCUT2D eigenvalue weighted by Gasteiger charge is -2.27. The van der Waals surface area contributed by atoms with Gasteiger partial charge >= 0.3 is 0 Å². The van der Waals surface area contributed by atoms with Gasteiger partial charge < -0.3 is 14.5 Å². The predicted octanol–water partition coefficient (Wildman–Crippen LogP) is 5.00. The number of non-ortho nitro benzene ring substituents is 1. The number of nitro groups is 1. The van der Waals surface area contributed by atoms with E-state index in [1.54, 1.807) is 12.1 Å². The molecule has 6 nitrogen and oxygen atoms in total. The van der Waals surface area contributed by atoms with Crippen LogP contribution in [-0.2, 0) is 6.42 Å². The topological polar surface area (TPSA) is 58.9 Å². The van der Waals surface area contributed by atoms with Gasteiger partial charge in [-0.05, 0) is 23.6 Å². The van der Waals surface area contributed by atoms with Crippen molar-refractivity contribution in [1.29, 1.82) is 0 Å². The van der Waals surface area contributed by atoms with Gasteiger partial charge in [0.2, 0.25) is 0 Å². The minimum absolute atomic E-state index is 0.0254. The van der Waals surface area contributed by atoms with E-state index in [9.17, 15) is 10.1 Å². The van der Waals surface area contributed by atoms with Crippen LogP contribution in [0.4, 0.5) is 5.69 Å². The lowest BCUT2D eigenvalue weighted by Crippen LogP contribution is -2.31. The highest BCUT2D eigenvalue weighted by Gasteiger charge is 2.21. The Labute approximate surface area is 182 Å². The van der Waals surface area contributed by atoms with E-state index in [4.69, 9.17) is 4.74 Å². The molecule has 0 N–H and O–H groups in total. The number of ether oxygens (including phenoxy) is 1. The molecule has 4 rings (SSSR count). The Hall–Kier alpha value is -3.80. The largest absolute Gasteiger partial charge is 0.484 e. The molecule has 1 aliphatic rings. The Morgan fingerprint density at radius 3 is 2.35 bits per heavy atom. The molecule has 0 bridgehead atoms.